The van der Waals surface area contributed by atoms with Crippen LogP contribution in [0, 0.1) is 0 Å². The van der Waals surface area contributed by atoms with E-state index in [1.165, 1.54) is 12.1 Å². The average molecular weight is 361 g/mol. The maximum atomic E-state index is 12.4. The van der Waals surface area contributed by atoms with Gasteiger partial charge in [-0.2, -0.15) is 0 Å². The van der Waals surface area contributed by atoms with Crippen molar-refractivity contribution in [1.29, 1.82) is 0 Å². The summed E-state index contributed by atoms with van der Waals surface area (Å²) in [5, 5.41) is 5.08. The number of carbonyl (C=O) groups is 3. The van der Waals surface area contributed by atoms with Crippen LogP contribution in [-0.2, 0) is 9.53 Å². The molecule has 0 aliphatic heterocycles. The monoisotopic (exact) mass is 360 g/mol. The molecule has 0 radical (unpaired) electrons. The van der Waals surface area contributed by atoms with E-state index >= 15 is 0 Å². The Hall–Kier alpha value is -2.86. The second-order valence-electron chi connectivity index (χ2n) is 5.05. The van der Waals surface area contributed by atoms with E-state index in [0.717, 1.165) is 0 Å². The lowest BCUT2D eigenvalue weighted by atomic mass is 10.1. The van der Waals surface area contributed by atoms with Crippen LogP contribution in [0.25, 0.3) is 0 Å². The summed E-state index contributed by atoms with van der Waals surface area (Å²) < 4.78 is 5.33. The van der Waals surface area contributed by atoms with Crippen LogP contribution in [0.3, 0.4) is 0 Å². The Balaban J connectivity index is 2.20. The van der Waals surface area contributed by atoms with Crippen molar-refractivity contribution in [3.63, 3.8) is 0 Å². The summed E-state index contributed by atoms with van der Waals surface area (Å²) in [6.07, 6.45) is -1.26. The molecule has 2 aromatic carbocycles. The molecule has 2 rings (SSSR count). The van der Waals surface area contributed by atoms with Gasteiger partial charge in [-0.3, -0.25) is 10.1 Å². The Labute approximate surface area is 150 Å². The summed E-state index contributed by atoms with van der Waals surface area (Å²) in [5.41, 5.74) is 0.697. The van der Waals surface area contributed by atoms with E-state index in [4.69, 9.17) is 16.3 Å². The van der Waals surface area contributed by atoms with Crippen LogP contribution in [0.2, 0.25) is 5.02 Å². The first kappa shape index (κ1) is 18.5. The summed E-state index contributed by atoms with van der Waals surface area (Å²) in [6, 6.07) is 13.9. The molecular formula is C18H17ClN2O4. The van der Waals surface area contributed by atoms with Gasteiger partial charge in [-0.05, 0) is 31.2 Å². The summed E-state index contributed by atoms with van der Waals surface area (Å²) in [4.78, 5) is 36.3. The molecule has 1 atom stereocenters. The zero-order valence-electron chi connectivity index (χ0n) is 13.5. The second kappa shape index (κ2) is 8.84. The van der Waals surface area contributed by atoms with Crippen molar-refractivity contribution in [1.82, 2.24) is 10.6 Å². The Morgan fingerprint density at radius 1 is 1.04 bits per heavy atom. The number of rotatable bonds is 5. The molecule has 0 aliphatic carbocycles. The van der Waals surface area contributed by atoms with Crippen molar-refractivity contribution >= 4 is 29.5 Å². The third-order valence-electron chi connectivity index (χ3n) is 3.22. The molecule has 2 aromatic rings. The molecule has 0 bridgehead atoms. The maximum absolute atomic E-state index is 12.4. The number of ether oxygens (including phenoxy) is 1. The van der Waals surface area contributed by atoms with E-state index in [2.05, 4.69) is 10.6 Å². The molecule has 130 valence electrons. The highest BCUT2D eigenvalue weighted by atomic mass is 35.5. The zero-order valence-corrected chi connectivity index (χ0v) is 14.2. The van der Waals surface area contributed by atoms with Crippen LogP contribution in [-0.4, -0.2) is 24.5 Å². The topological polar surface area (TPSA) is 84.5 Å². The van der Waals surface area contributed by atoms with Crippen LogP contribution in [0.4, 0.5) is 4.79 Å². The quantitative estimate of drug-likeness (QED) is 0.802. The first-order chi connectivity index (χ1) is 12.0. The van der Waals surface area contributed by atoms with Crippen LogP contribution >= 0.6 is 11.6 Å². The molecule has 7 heteroatoms. The van der Waals surface area contributed by atoms with Crippen LogP contribution in [0.1, 0.15) is 28.9 Å². The lowest BCUT2D eigenvalue weighted by Crippen LogP contribution is -2.42. The van der Waals surface area contributed by atoms with Gasteiger partial charge in [-0.25, -0.2) is 9.59 Å². The highest BCUT2D eigenvalue weighted by molar-refractivity contribution is 6.30. The Morgan fingerprint density at radius 2 is 1.68 bits per heavy atom. The number of amides is 3. The van der Waals surface area contributed by atoms with Crippen LogP contribution in [0.5, 0.6) is 0 Å². The SMILES string of the molecule is CCNC(=O)NC(=O)[C@@H](OC(=O)c1ccc(Cl)cc1)c1ccccc1. The summed E-state index contributed by atoms with van der Waals surface area (Å²) in [6.45, 7) is 2.08. The van der Waals surface area contributed by atoms with Crippen LogP contribution in [0.15, 0.2) is 54.6 Å². The van der Waals surface area contributed by atoms with Gasteiger partial charge in [0.15, 0.2) is 0 Å². The molecule has 0 fully saturated rings. The molecule has 0 heterocycles. The summed E-state index contributed by atoms with van der Waals surface area (Å²) in [5.74, 6) is -1.43. The normalized spacial score (nSPS) is 11.3. The molecule has 25 heavy (non-hydrogen) atoms. The first-order valence-electron chi connectivity index (χ1n) is 7.61. The van der Waals surface area contributed by atoms with Crippen molar-refractivity contribution in [3.8, 4) is 0 Å². The lowest BCUT2D eigenvalue weighted by molar-refractivity contribution is -0.129. The Bertz CT molecular complexity index is 747. The molecule has 0 saturated heterocycles. The zero-order chi connectivity index (χ0) is 18.2. The van der Waals surface area contributed by atoms with Gasteiger partial charge in [0.05, 0.1) is 5.56 Å². The molecular weight excluding hydrogens is 344 g/mol. The third kappa shape index (κ3) is 5.32. The molecule has 0 saturated carbocycles. The largest absolute Gasteiger partial charge is 0.444 e. The predicted molar refractivity (Wildman–Crippen MR) is 93.3 cm³/mol. The minimum Gasteiger partial charge on any atom is -0.444 e. The second-order valence-corrected chi connectivity index (χ2v) is 5.49. The highest BCUT2D eigenvalue weighted by Crippen LogP contribution is 2.20. The van der Waals surface area contributed by atoms with E-state index in [1.54, 1.807) is 49.4 Å². The summed E-state index contributed by atoms with van der Waals surface area (Å²) in [7, 11) is 0. The molecule has 6 nitrogen and oxygen atoms in total. The number of esters is 1. The number of benzene rings is 2. The summed E-state index contributed by atoms with van der Waals surface area (Å²) >= 11 is 5.79. The van der Waals surface area contributed by atoms with Crippen molar-refractivity contribution in [2.75, 3.05) is 6.54 Å². The van der Waals surface area contributed by atoms with Crippen molar-refractivity contribution < 1.29 is 19.1 Å². The first-order valence-corrected chi connectivity index (χ1v) is 7.99. The number of carbonyl (C=O) groups excluding carboxylic acids is 3. The van der Waals surface area contributed by atoms with Gasteiger partial charge in [0.25, 0.3) is 5.91 Å². The van der Waals surface area contributed by atoms with E-state index in [0.29, 0.717) is 17.1 Å². The van der Waals surface area contributed by atoms with Gasteiger partial charge < -0.3 is 10.1 Å². The highest BCUT2D eigenvalue weighted by Gasteiger charge is 2.27. The molecule has 0 unspecified atom stereocenters. The average Bonchev–Trinajstić information content (AvgIpc) is 2.61. The molecule has 2 N–H and O–H groups in total. The van der Waals surface area contributed by atoms with Gasteiger partial charge in [-0.1, -0.05) is 41.9 Å². The standard InChI is InChI=1S/C18H17ClN2O4/c1-2-20-18(24)21-16(22)15(12-6-4-3-5-7-12)25-17(23)13-8-10-14(19)11-9-13/h3-11,15H,2H2,1H3,(H2,20,21,22,24)/t15-/m0/s1. The molecule has 0 aliphatic rings. The lowest BCUT2D eigenvalue weighted by Gasteiger charge is -2.17. The fraction of sp³-hybridized carbons (Fsp3) is 0.167. The fourth-order valence-electron chi connectivity index (χ4n) is 2.04. The number of imide groups is 1. The Kier molecular flexibility index (Phi) is 6.54. The maximum Gasteiger partial charge on any atom is 0.339 e. The molecule has 0 spiro atoms. The number of halogens is 1. The van der Waals surface area contributed by atoms with Crippen molar-refractivity contribution in [2.45, 2.75) is 13.0 Å². The predicted octanol–water partition coefficient (Wildman–Crippen LogP) is 3.08. The van der Waals surface area contributed by atoms with E-state index in [9.17, 15) is 14.4 Å². The van der Waals surface area contributed by atoms with Gasteiger partial charge in [0, 0.05) is 17.1 Å². The van der Waals surface area contributed by atoms with Crippen molar-refractivity contribution in [2.24, 2.45) is 0 Å². The minimum absolute atomic E-state index is 0.246. The Morgan fingerprint density at radius 3 is 2.28 bits per heavy atom. The van der Waals surface area contributed by atoms with E-state index < -0.39 is 24.0 Å². The smallest absolute Gasteiger partial charge is 0.339 e. The molecule has 0 aromatic heterocycles. The fourth-order valence-corrected chi connectivity index (χ4v) is 2.17. The van der Waals surface area contributed by atoms with E-state index in [-0.39, 0.29) is 5.56 Å². The number of nitrogens with one attached hydrogen (secondary N) is 2. The number of hydrogen-bond acceptors (Lipinski definition) is 4. The van der Waals surface area contributed by atoms with Crippen LogP contribution < -0.4 is 10.6 Å². The van der Waals surface area contributed by atoms with Gasteiger partial charge in [-0.15, -0.1) is 0 Å². The van der Waals surface area contributed by atoms with E-state index in [1.807, 2.05) is 0 Å². The molecule has 3 amide bonds. The minimum atomic E-state index is -1.26. The third-order valence-corrected chi connectivity index (χ3v) is 3.47. The number of hydrogen-bond donors (Lipinski definition) is 2. The number of urea groups is 1. The van der Waals surface area contributed by atoms with Gasteiger partial charge in [0.2, 0.25) is 6.10 Å². The van der Waals surface area contributed by atoms with Gasteiger partial charge in [0.1, 0.15) is 0 Å². The van der Waals surface area contributed by atoms with Crippen molar-refractivity contribution in [3.05, 3.63) is 70.7 Å². The van der Waals surface area contributed by atoms with Gasteiger partial charge >= 0.3 is 12.0 Å².